The molecule has 0 aliphatic carbocycles. The van der Waals surface area contributed by atoms with E-state index in [0.717, 1.165) is 12.0 Å². The van der Waals surface area contributed by atoms with E-state index in [-0.39, 0.29) is 11.6 Å². The Bertz CT molecular complexity index is 774. The van der Waals surface area contributed by atoms with E-state index in [2.05, 4.69) is 4.98 Å². The Morgan fingerprint density at radius 2 is 1.96 bits per heavy atom. The smallest absolute Gasteiger partial charge is 0.357 e. The second-order valence-corrected chi connectivity index (χ2v) is 6.84. The van der Waals surface area contributed by atoms with Crippen LogP contribution in [0.3, 0.4) is 0 Å². The number of aromatic nitrogens is 1. The number of amides is 1. The molecule has 0 spiro atoms. The first-order chi connectivity index (χ1) is 13.6. The highest BCUT2D eigenvalue weighted by atomic mass is 32.1. The monoisotopic (exact) mass is 402 g/mol. The second kappa shape index (κ2) is 12.0. The standard InChI is InChI=1S/C21H26N2O4S/c1-3-26-14-8-13-23(20(24)12-11-17-9-6-5-7-10-17)15-19-22-18(16-28-19)21(25)27-4-2/h5-7,9-12,16H,3-4,8,13-15H2,1-2H3/b12-11+. The van der Waals surface area contributed by atoms with Crippen molar-refractivity contribution in [2.45, 2.75) is 26.8 Å². The third kappa shape index (κ3) is 7.25. The van der Waals surface area contributed by atoms with Crippen LogP contribution in [-0.4, -0.2) is 48.1 Å². The number of esters is 1. The molecule has 0 aliphatic heterocycles. The number of rotatable bonds is 11. The van der Waals surface area contributed by atoms with Gasteiger partial charge < -0.3 is 14.4 Å². The topological polar surface area (TPSA) is 68.7 Å². The lowest BCUT2D eigenvalue weighted by Gasteiger charge is -2.20. The molecule has 7 heteroatoms. The summed E-state index contributed by atoms with van der Waals surface area (Å²) >= 11 is 1.35. The van der Waals surface area contributed by atoms with Crippen LogP contribution in [0.15, 0.2) is 41.8 Å². The zero-order valence-electron chi connectivity index (χ0n) is 16.3. The van der Waals surface area contributed by atoms with Gasteiger partial charge in [0, 0.05) is 31.2 Å². The number of hydrogen-bond acceptors (Lipinski definition) is 6. The molecule has 6 nitrogen and oxygen atoms in total. The molecule has 0 radical (unpaired) electrons. The third-order valence-electron chi connectivity index (χ3n) is 3.81. The van der Waals surface area contributed by atoms with Gasteiger partial charge in [0.15, 0.2) is 5.69 Å². The van der Waals surface area contributed by atoms with E-state index in [1.165, 1.54) is 11.3 Å². The number of carbonyl (C=O) groups is 2. The molecule has 0 N–H and O–H groups in total. The lowest BCUT2D eigenvalue weighted by Crippen LogP contribution is -2.30. The van der Waals surface area contributed by atoms with Gasteiger partial charge in [-0.3, -0.25) is 4.79 Å². The number of nitrogens with zero attached hydrogens (tertiary/aromatic N) is 2. The maximum absolute atomic E-state index is 12.7. The van der Waals surface area contributed by atoms with Gasteiger partial charge in [-0.1, -0.05) is 30.3 Å². The molecule has 0 atom stereocenters. The van der Waals surface area contributed by atoms with Crippen molar-refractivity contribution in [2.24, 2.45) is 0 Å². The Balaban J connectivity index is 2.04. The SMILES string of the molecule is CCOCCCN(Cc1nc(C(=O)OCC)cs1)C(=O)/C=C/c1ccccc1. The van der Waals surface area contributed by atoms with Crippen LogP contribution in [0.4, 0.5) is 0 Å². The van der Waals surface area contributed by atoms with E-state index in [1.807, 2.05) is 37.3 Å². The van der Waals surface area contributed by atoms with Crippen molar-refractivity contribution in [3.05, 3.63) is 58.1 Å². The molecule has 0 saturated heterocycles. The summed E-state index contributed by atoms with van der Waals surface area (Å²) in [4.78, 5) is 30.5. The molecule has 28 heavy (non-hydrogen) atoms. The van der Waals surface area contributed by atoms with Gasteiger partial charge >= 0.3 is 5.97 Å². The minimum absolute atomic E-state index is 0.103. The fraction of sp³-hybridized carbons (Fsp3) is 0.381. The molecule has 1 aromatic carbocycles. The van der Waals surface area contributed by atoms with Crippen LogP contribution in [0.2, 0.25) is 0 Å². The maximum Gasteiger partial charge on any atom is 0.357 e. The summed E-state index contributed by atoms with van der Waals surface area (Å²) in [6.45, 7) is 6.13. The van der Waals surface area contributed by atoms with E-state index in [9.17, 15) is 9.59 Å². The Hall–Kier alpha value is -2.51. The highest BCUT2D eigenvalue weighted by Crippen LogP contribution is 2.14. The number of benzene rings is 1. The van der Waals surface area contributed by atoms with E-state index in [4.69, 9.17) is 9.47 Å². The van der Waals surface area contributed by atoms with E-state index >= 15 is 0 Å². The van der Waals surface area contributed by atoms with E-state index in [0.29, 0.717) is 37.9 Å². The van der Waals surface area contributed by atoms with Crippen LogP contribution in [0.1, 0.15) is 41.3 Å². The Labute approximate surface area is 169 Å². The summed E-state index contributed by atoms with van der Waals surface area (Å²) in [5.74, 6) is -0.545. The predicted molar refractivity (Wildman–Crippen MR) is 110 cm³/mol. The summed E-state index contributed by atoms with van der Waals surface area (Å²) in [5.41, 5.74) is 1.24. The van der Waals surface area contributed by atoms with Crippen LogP contribution < -0.4 is 0 Å². The van der Waals surface area contributed by atoms with Gasteiger partial charge in [0.25, 0.3) is 0 Å². The van der Waals surface area contributed by atoms with Gasteiger partial charge in [0.05, 0.1) is 13.2 Å². The summed E-state index contributed by atoms with van der Waals surface area (Å²) < 4.78 is 10.3. The first-order valence-electron chi connectivity index (χ1n) is 9.35. The lowest BCUT2D eigenvalue weighted by molar-refractivity contribution is -0.126. The Kier molecular flexibility index (Phi) is 9.37. The van der Waals surface area contributed by atoms with Crippen LogP contribution in [0, 0.1) is 0 Å². The van der Waals surface area contributed by atoms with Crippen molar-refractivity contribution < 1.29 is 19.1 Å². The molecule has 2 aromatic rings. The van der Waals surface area contributed by atoms with Crippen molar-refractivity contribution in [2.75, 3.05) is 26.4 Å². The first kappa shape index (κ1) is 21.8. The van der Waals surface area contributed by atoms with Gasteiger partial charge in [0.2, 0.25) is 5.91 Å². The molecule has 0 aliphatic rings. The molecule has 0 bridgehead atoms. The van der Waals surface area contributed by atoms with Crippen molar-refractivity contribution in [1.82, 2.24) is 9.88 Å². The first-order valence-corrected chi connectivity index (χ1v) is 10.2. The van der Waals surface area contributed by atoms with Crippen molar-refractivity contribution in [1.29, 1.82) is 0 Å². The molecule has 150 valence electrons. The number of ether oxygens (including phenoxy) is 2. The summed E-state index contributed by atoms with van der Waals surface area (Å²) in [5, 5.41) is 2.36. The second-order valence-electron chi connectivity index (χ2n) is 5.90. The average Bonchev–Trinajstić information content (AvgIpc) is 3.18. The Morgan fingerprint density at radius 3 is 2.68 bits per heavy atom. The molecule has 1 heterocycles. The zero-order valence-corrected chi connectivity index (χ0v) is 17.1. The lowest BCUT2D eigenvalue weighted by atomic mass is 10.2. The van der Waals surface area contributed by atoms with Crippen LogP contribution >= 0.6 is 11.3 Å². The van der Waals surface area contributed by atoms with Crippen LogP contribution in [-0.2, 0) is 20.8 Å². The van der Waals surface area contributed by atoms with Gasteiger partial charge in [-0.15, -0.1) is 11.3 Å². The molecule has 0 unspecified atom stereocenters. The molecule has 2 rings (SSSR count). The minimum atomic E-state index is -0.441. The Morgan fingerprint density at radius 1 is 1.18 bits per heavy atom. The van der Waals surface area contributed by atoms with Gasteiger partial charge in [-0.2, -0.15) is 0 Å². The van der Waals surface area contributed by atoms with Crippen molar-refractivity contribution in [3.8, 4) is 0 Å². The molecule has 0 fully saturated rings. The molecular formula is C21H26N2O4S. The number of thiazole rings is 1. The van der Waals surface area contributed by atoms with E-state index in [1.54, 1.807) is 29.4 Å². The molecule has 1 amide bonds. The highest BCUT2D eigenvalue weighted by molar-refractivity contribution is 7.09. The quantitative estimate of drug-likeness (QED) is 0.325. The van der Waals surface area contributed by atoms with Gasteiger partial charge in [0.1, 0.15) is 5.01 Å². The fourth-order valence-electron chi connectivity index (χ4n) is 2.45. The summed E-state index contributed by atoms with van der Waals surface area (Å²) in [6.07, 6.45) is 4.09. The number of hydrogen-bond donors (Lipinski definition) is 0. The van der Waals surface area contributed by atoms with Gasteiger partial charge in [-0.25, -0.2) is 9.78 Å². The largest absolute Gasteiger partial charge is 0.461 e. The third-order valence-corrected chi connectivity index (χ3v) is 4.65. The molecule has 0 saturated carbocycles. The maximum atomic E-state index is 12.7. The van der Waals surface area contributed by atoms with Crippen molar-refractivity contribution >= 4 is 29.3 Å². The van der Waals surface area contributed by atoms with Crippen LogP contribution in [0.5, 0.6) is 0 Å². The molecule has 1 aromatic heterocycles. The van der Waals surface area contributed by atoms with Crippen LogP contribution in [0.25, 0.3) is 6.08 Å². The summed E-state index contributed by atoms with van der Waals surface area (Å²) in [7, 11) is 0. The predicted octanol–water partition coefficient (Wildman–Crippen LogP) is 3.79. The fourth-order valence-corrected chi connectivity index (χ4v) is 3.23. The minimum Gasteiger partial charge on any atom is -0.461 e. The number of carbonyl (C=O) groups excluding carboxylic acids is 2. The normalized spacial score (nSPS) is 10.9. The highest BCUT2D eigenvalue weighted by Gasteiger charge is 2.16. The zero-order chi connectivity index (χ0) is 20.2. The summed E-state index contributed by atoms with van der Waals surface area (Å²) in [6, 6.07) is 9.67. The van der Waals surface area contributed by atoms with Crippen molar-refractivity contribution in [3.63, 3.8) is 0 Å². The average molecular weight is 403 g/mol. The molecular weight excluding hydrogens is 376 g/mol. The van der Waals surface area contributed by atoms with Gasteiger partial charge in [-0.05, 0) is 31.9 Å². The van der Waals surface area contributed by atoms with E-state index < -0.39 is 5.97 Å².